The molecule has 100 valence electrons. The molecule has 2 unspecified atom stereocenters. The van der Waals surface area contributed by atoms with Crippen LogP contribution in [0.25, 0.3) is 0 Å². The normalized spacial score (nSPS) is 22.6. The maximum Gasteiger partial charge on any atom is 0.0474 e. The third-order valence-electron chi connectivity index (χ3n) is 3.97. The molecule has 0 amide bonds. The molecule has 18 heavy (non-hydrogen) atoms. The first-order valence-corrected chi connectivity index (χ1v) is 7.22. The van der Waals surface area contributed by atoms with Crippen molar-refractivity contribution in [2.75, 3.05) is 13.1 Å². The molecular formula is C15H23ClN2. The lowest BCUT2D eigenvalue weighted by molar-refractivity contribution is 0.149. The molecule has 2 rings (SSSR count). The molecule has 1 aliphatic rings. The molecule has 0 aliphatic carbocycles. The summed E-state index contributed by atoms with van der Waals surface area (Å²) >= 11 is 6.09. The highest BCUT2D eigenvalue weighted by molar-refractivity contribution is 6.30. The molecule has 0 saturated carbocycles. The first-order chi connectivity index (χ1) is 8.63. The van der Waals surface area contributed by atoms with Gasteiger partial charge in [0.25, 0.3) is 0 Å². The molecule has 1 heterocycles. The van der Waals surface area contributed by atoms with E-state index in [4.69, 9.17) is 17.3 Å². The van der Waals surface area contributed by atoms with Crippen molar-refractivity contribution in [2.45, 2.75) is 38.8 Å². The van der Waals surface area contributed by atoms with Gasteiger partial charge < -0.3 is 5.73 Å². The smallest absolute Gasteiger partial charge is 0.0474 e. The van der Waals surface area contributed by atoms with E-state index in [1.807, 2.05) is 12.1 Å². The predicted octanol–water partition coefficient (Wildman–Crippen LogP) is 3.46. The number of rotatable bonds is 4. The number of nitrogens with zero attached hydrogens (tertiary/aromatic N) is 1. The minimum Gasteiger partial charge on any atom is -0.329 e. The Morgan fingerprint density at radius 2 is 2.22 bits per heavy atom. The van der Waals surface area contributed by atoms with Crippen molar-refractivity contribution in [1.29, 1.82) is 0 Å². The maximum absolute atomic E-state index is 6.09. The van der Waals surface area contributed by atoms with Gasteiger partial charge in [-0.3, -0.25) is 4.90 Å². The van der Waals surface area contributed by atoms with Crippen molar-refractivity contribution in [2.24, 2.45) is 11.7 Å². The lowest BCUT2D eigenvalue weighted by Gasteiger charge is -2.34. The molecule has 0 spiro atoms. The second-order valence-corrected chi connectivity index (χ2v) is 5.93. The quantitative estimate of drug-likeness (QED) is 0.904. The summed E-state index contributed by atoms with van der Waals surface area (Å²) in [5, 5.41) is 0.797. The standard InChI is InChI=1S/C15H23ClN2/c1-11(2)14-7-4-8-18(14)15(10-17)12-5-3-6-13(16)9-12/h3,5-6,9,11,14-15H,4,7-8,10,17H2,1-2H3. The average molecular weight is 267 g/mol. The van der Waals surface area contributed by atoms with E-state index in [0.29, 0.717) is 24.5 Å². The van der Waals surface area contributed by atoms with Gasteiger partial charge >= 0.3 is 0 Å². The van der Waals surface area contributed by atoms with E-state index in [9.17, 15) is 0 Å². The van der Waals surface area contributed by atoms with Gasteiger partial charge in [-0.25, -0.2) is 0 Å². The van der Waals surface area contributed by atoms with E-state index in [0.717, 1.165) is 11.6 Å². The van der Waals surface area contributed by atoms with Gasteiger partial charge in [0.15, 0.2) is 0 Å². The number of hydrogen-bond acceptors (Lipinski definition) is 2. The summed E-state index contributed by atoms with van der Waals surface area (Å²) in [5.41, 5.74) is 7.26. The van der Waals surface area contributed by atoms with Crippen molar-refractivity contribution >= 4 is 11.6 Å². The van der Waals surface area contributed by atoms with Crippen LogP contribution in [0.15, 0.2) is 24.3 Å². The van der Waals surface area contributed by atoms with Crippen LogP contribution >= 0.6 is 11.6 Å². The minimum atomic E-state index is 0.304. The summed E-state index contributed by atoms with van der Waals surface area (Å²) in [6.07, 6.45) is 2.56. The second kappa shape index (κ2) is 6.05. The largest absolute Gasteiger partial charge is 0.329 e. The third-order valence-corrected chi connectivity index (χ3v) is 4.20. The molecule has 1 saturated heterocycles. The highest BCUT2D eigenvalue weighted by Gasteiger charge is 2.32. The van der Waals surface area contributed by atoms with Crippen molar-refractivity contribution < 1.29 is 0 Å². The molecule has 3 heteroatoms. The predicted molar refractivity (Wildman–Crippen MR) is 77.8 cm³/mol. The number of benzene rings is 1. The SMILES string of the molecule is CC(C)C1CCCN1C(CN)c1cccc(Cl)c1. The van der Waals surface area contributed by atoms with E-state index < -0.39 is 0 Å². The fraction of sp³-hybridized carbons (Fsp3) is 0.600. The van der Waals surface area contributed by atoms with Crippen LogP contribution in [0.4, 0.5) is 0 Å². The molecule has 1 aliphatic heterocycles. The summed E-state index contributed by atoms with van der Waals surface area (Å²) in [6, 6.07) is 9.08. The Bertz CT molecular complexity index is 392. The Hall–Kier alpha value is -0.570. The van der Waals surface area contributed by atoms with Crippen molar-refractivity contribution in [3.8, 4) is 0 Å². The molecule has 0 radical (unpaired) electrons. The van der Waals surface area contributed by atoms with Gasteiger partial charge in [-0.05, 0) is 43.0 Å². The minimum absolute atomic E-state index is 0.304. The molecule has 1 aromatic carbocycles. The van der Waals surface area contributed by atoms with Crippen LogP contribution < -0.4 is 5.73 Å². The monoisotopic (exact) mass is 266 g/mol. The van der Waals surface area contributed by atoms with Crippen LogP contribution in [-0.4, -0.2) is 24.0 Å². The second-order valence-electron chi connectivity index (χ2n) is 5.50. The molecule has 2 atom stereocenters. The van der Waals surface area contributed by atoms with E-state index >= 15 is 0 Å². The van der Waals surface area contributed by atoms with Crippen molar-refractivity contribution in [3.63, 3.8) is 0 Å². The fourth-order valence-electron chi connectivity index (χ4n) is 3.09. The lowest BCUT2D eigenvalue weighted by atomic mass is 9.98. The summed E-state index contributed by atoms with van der Waals surface area (Å²) < 4.78 is 0. The zero-order valence-corrected chi connectivity index (χ0v) is 12.0. The molecule has 1 fully saturated rings. The van der Waals surface area contributed by atoms with Crippen LogP contribution in [0.2, 0.25) is 5.02 Å². The van der Waals surface area contributed by atoms with Gasteiger partial charge in [0.1, 0.15) is 0 Å². The van der Waals surface area contributed by atoms with Gasteiger partial charge in [0.2, 0.25) is 0 Å². The maximum atomic E-state index is 6.09. The Morgan fingerprint density at radius 3 is 2.83 bits per heavy atom. The topological polar surface area (TPSA) is 29.3 Å². The lowest BCUT2D eigenvalue weighted by Crippen LogP contribution is -2.39. The zero-order chi connectivity index (χ0) is 13.1. The molecule has 0 aromatic heterocycles. The number of halogens is 1. The van der Waals surface area contributed by atoms with Gasteiger partial charge in [0.05, 0.1) is 0 Å². The summed E-state index contributed by atoms with van der Waals surface area (Å²) in [6.45, 7) is 6.41. The average Bonchev–Trinajstić information content (AvgIpc) is 2.79. The summed E-state index contributed by atoms with van der Waals surface area (Å²) in [4.78, 5) is 2.57. The Labute approximate surface area is 115 Å². The molecule has 2 N–H and O–H groups in total. The highest BCUT2D eigenvalue weighted by atomic mass is 35.5. The van der Waals surface area contributed by atoms with E-state index in [1.54, 1.807) is 0 Å². The summed E-state index contributed by atoms with van der Waals surface area (Å²) in [7, 11) is 0. The number of hydrogen-bond donors (Lipinski definition) is 1. The Morgan fingerprint density at radius 1 is 1.44 bits per heavy atom. The van der Waals surface area contributed by atoms with Crippen molar-refractivity contribution in [1.82, 2.24) is 4.90 Å². The van der Waals surface area contributed by atoms with Crippen LogP contribution in [-0.2, 0) is 0 Å². The van der Waals surface area contributed by atoms with Crippen LogP contribution in [0.5, 0.6) is 0 Å². The highest BCUT2D eigenvalue weighted by Crippen LogP contribution is 2.33. The van der Waals surface area contributed by atoms with Gasteiger partial charge in [-0.2, -0.15) is 0 Å². The van der Waals surface area contributed by atoms with Crippen molar-refractivity contribution in [3.05, 3.63) is 34.9 Å². The first-order valence-electron chi connectivity index (χ1n) is 6.84. The van der Waals surface area contributed by atoms with Crippen LogP contribution in [0.1, 0.15) is 38.3 Å². The molecule has 0 bridgehead atoms. The number of nitrogens with two attached hydrogens (primary N) is 1. The molecule has 2 nitrogen and oxygen atoms in total. The zero-order valence-electron chi connectivity index (χ0n) is 11.3. The summed E-state index contributed by atoms with van der Waals surface area (Å²) in [5.74, 6) is 0.681. The van der Waals surface area contributed by atoms with Gasteiger partial charge in [-0.1, -0.05) is 37.6 Å². The molecular weight excluding hydrogens is 244 g/mol. The Balaban J connectivity index is 2.23. The van der Waals surface area contributed by atoms with Crippen LogP contribution in [0.3, 0.4) is 0 Å². The first kappa shape index (κ1) is 13.9. The fourth-order valence-corrected chi connectivity index (χ4v) is 3.29. The van der Waals surface area contributed by atoms with Gasteiger partial charge in [0, 0.05) is 23.7 Å². The number of likely N-dealkylation sites (tertiary alicyclic amines) is 1. The van der Waals surface area contributed by atoms with E-state index in [-0.39, 0.29) is 0 Å². The van der Waals surface area contributed by atoms with Gasteiger partial charge in [-0.15, -0.1) is 0 Å². The Kier molecular flexibility index (Phi) is 4.66. The van der Waals surface area contributed by atoms with E-state index in [1.165, 1.54) is 18.4 Å². The van der Waals surface area contributed by atoms with Crippen LogP contribution in [0, 0.1) is 5.92 Å². The third kappa shape index (κ3) is 2.87. The molecule has 1 aromatic rings. The van der Waals surface area contributed by atoms with E-state index in [2.05, 4.69) is 30.9 Å².